The van der Waals surface area contributed by atoms with Gasteiger partial charge in [-0.3, -0.25) is 48.9 Å². The molecular weight excluding hydrogens is 1200 g/mol. The molecule has 23 nitrogen and oxygen atoms in total. The Morgan fingerprint density at radius 3 is 1.35 bits per heavy atom. The van der Waals surface area contributed by atoms with Gasteiger partial charge in [0.2, 0.25) is 23.7 Å². The SMILES string of the molecule is COc1ccc(C(OC[C@H]2O[C@@H](n3cnc4c(=O)[nH]c(NC(=O)C(C)C)nc43)C[C@@H]2O[P+](=O)OC[C@H]2O[C@@H](n3cnc4c(=O)[nH]c(NC(=O)C(C)C)nc43)C[C@@H]2OC(c2ccccc2)(c2ccccc2)c2ccc(OC)cc2)(c2ccccc2)c2ccccc2)cc1. The molecule has 0 bridgehead atoms. The number of carbonyl (C=O) groups is 2. The third-order valence-corrected chi connectivity index (χ3v) is 17.3. The van der Waals surface area contributed by atoms with E-state index < -0.39 is 79.3 Å². The lowest BCUT2D eigenvalue weighted by atomic mass is 9.79. The van der Waals surface area contributed by atoms with E-state index in [4.69, 9.17) is 37.5 Å². The van der Waals surface area contributed by atoms with Crippen LogP contribution in [0.15, 0.2) is 192 Å². The first-order valence-electron chi connectivity index (χ1n) is 30.1. The highest BCUT2D eigenvalue weighted by Gasteiger charge is 2.50. The average molecular weight is 1260 g/mol. The van der Waals surface area contributed by atoms with E-state index in [0.717, 1.165) is 33.4 Å². The zero-order valence-corrected chi connectivity index (χ0v) is 52.1. The van der Waals surface area contributed by atoms with Gasteiger partial charge in [-0.15, -0.1) is 9.05 Å². The van der Waals surface area contributed by atoms with Gasteiger partial charge in [-0.1, -0.05) is 173 Å². The highest BCUT2D eigenvalue weighted by molar-refractivity contribution is 7.33. The summed E-state index contributed by atoms with van der Waals surface area (Å²) in [6.45, 7) is 6.35. The van der Waals surface area contributed by atoms with Crippen LogP contribution in [-0.2, 0) is 53.4 Å². The number of ether oxygens (including phenoxy) is 6. The second-order valence-corrected chi connectivity index (χ2v) is 23.8. The van der Waals surface area contributed by atoms with E-state index >= 15 is 0 Å². The minimum Gasteiger partial charge on any atom is -0.497 e. The van der Waals surface area contributed by atoms with Crippen LogP contribution >= 0.6 is 8.25 Å². The van der Waals surface area contributed by atoms with Gasteiger partial charge in [-0.05, 0) is 57.6 Å². The number of benzene rings is 6. The number of imidazole rings is 2. The first kappa shape index (κ1) is 62.6. The molecule has 2 fully saturated rings. The number of hydrogen-bond donors (Lipinski definition) is 4. The zero-order valence-electron chi connectivity index (χ0n) is 51.2. The maximum atomic E-state index is 15.0. The minimum atomic E-state index is -3.06. The van der Waals surface area contributed by atoms with Crippen molar-refractivity contribution in [1.29, 1.82) is 0 Å². The van der Waals surface area contributed by atoms with Crippen LogP contribution in [0.1, 0.15) is 86.4 Å². The van der Waals surface area contributed by atoms with E-state index in [0.29, 0.717) is 11.5 Å². The highest BCUT2D eigenvalue weighted by Crippen LogP contribution is 2.48. The van der Waals surface area contributed by atoms with Gasteiger partial charge in [-0.2, -0.15) is 9.97 Å². The number of aromatic amines is 2. The summed E-state index contributed by atoms with van der Waals surface area (Å²) in [7, 11) is 0.139. The van der Waals surface area contributed by atoms with Crippen LogP contribution in [0.4, 0.5) is 11.9 Å². The second kappa shape index (κ2) is 27.1. The van der Waals surface area contributed by atoms with Gasteiger partial charge in [0.05, 0.1) is 39.6 Å². The van der Waals surface area contributed by atoms with Gasteiger partial charge in [0.25, 0.3) is 11.1 Å². The van der Waals surface area contributed by atoms with E-state index in [1.807, 2.05) is 170 Å². The van der Waals surface area contributed by atoms with E-state index in [2.05, 4.69) is 40.5 Å². The molecular formula is C68H68N10O13P+. The van der Waals surface area contributed by atoms with Gasteiger partial charge in [0, 0.05) is 29.2 Å². The Labute approximate surface area is 529 Å². The molecule has 4 aromatic heterocycles. The molecule has 6 aromatic carbocycles. The Morgan fingerprint density at radius 2 is 0.935 bits per heavy atom. The van der Waals surface area contributed by atoms with Gasteiger partial charge in [0.15, 0.2) is 22.3 Å². The standard InChI is InChI=1S/C68H67N10O13P/c1-41(2)61(79)73-65-71-59-57(63(81)75-65)69-39-77(59)55-35-51(90-68(45-23-15-9-16-24-45,46-25-17-10-18-26-46)48-29-33-50(85-6)34-30-48)54(89-55)38-87-92(83)91-52-36-56(78-40-70-58-60(78)72-66(76-64(58)82)74-62(80)42(3)4)88-53(52)37-86-67(43-19-11-7-12-20-43,44-21-13-8-14-22-44)47-27-31-49(84-5)32-28-47/h7-34,39-42,51-56H,35-38H2,1-6H3,(H3-,71,72,73,74,75,76,79,80,81,82)/p+1/t51-,52-,53+,54+,55+,56+/m0/s1. The monoisotopic (exact) mass is 1260 g/mol. The highest BCUT2D eigenvalue weighted by atomic mass is 31.1. The van der Waals surface area contributed by atoms with E-state index in [9.17, 15) is 23.7 Å². The Morgan fingerprint density at radius 1 is 0.554 bits per heavy atom. The number of hydrogen-bond acceptors (Lipinski definition) is 17. The molecule has 0 saturated carbocycles. The number of H-pyrrole nitrogens is 2. The molecule has 2 aliphatic rings. The van der Waals surface area contributed by atoms with E-state index in [1.165, 1.54) is 12.7 Å². The number of amides is 2. The van der Waals surface area contributed by atoms with Crippen LogP contribution in [0.25, 0.3) is 22.3 Å². The number of rotatable bonds is 24. The number of fused-ring (bicyclic) bond motifs is 2. The van der Waals surface area contributed by atoms with E-state index in [-0.39, 0.29) is 72.1 Å². The molecule has 12 rings (SSSR count). The smallest absolute Gasteiger partial charge is 0.497 e. The Balaban J connectivity index is 0.905. The number of nitrogens with zero attached hydrogens (tertiary/aromatic N) is 6. The van der Waals surface area contributed by atoms with Crippen molar-refractivity contribution in [1.82, 2.24) is 39.0 Å². The lowest BCUT2D eigenvalue weighted by Crippen LogP contribution is -2.41. The second-order valence-electron chi connectivity index (χ2n) is 22.9. The molecule has 92 heavy (non-hydrogen) atoms. The molecule has 1 unspecified atom stereocenters. The molecule has 0 aliphatic carbocycles. The fraction of sp³-hybridized carbons (Fsp3) is 0.294. The first-order valence-corrected chi connectivity index (χ1v) is 31.2. The molecule has 10 aromatic rings. The molecule has 7 atom stereocenters. The molecule has 24 heteroatoms. The van der Waals surface area contributed by atoms with Crippen molar-refractivity contribution in [2.45, 2.75) is 88.6 Å². The molecule has 2 amide bonds. The van der Waals surface area contributed by atoms with Crippen LogP contribution in [0.5, 0.6) is 11.5 Å². The predicted octanol–water partition coefficient (Wildman–Crippen LogP) is 10.5. The maximum Gasteiger partial charge on any atom is 0.697 e. The summed E-state index contributed by atoms with van der Waals surface area (Å²) in [6, 6.07) is 54.2. The number of nitrogens with one attached hydrogen (secondary N) is 4. The third-order valence-electron chi connectivity index (χ3n) is 16.5. The van der Waals surface area contributed by atoms with E-state index in [1.54, 1.807) is 51.0 Å². The molecule has 2 aliphatic heterocycles. The summed E-state index contributed by atoms with van der Waals surface area (Å²) in [5, 5.41) is 5.36. The largest absolute Gasteiger partial charge is 0.697 e. The lowest BCUT2D eigenvalue weighted by Gasteiger charge is -2.39. The van der Waals surface area contributed by atoms with Crippen molar-refractivity contribution >= 4 is 54.3 Å². The molecule has 0 radical (unpaired) electrons. The minimum absolute atomic E-state index is 0.0000458. The zero-order chi connectivity index (χ0) is 64.1. The van der Waals surface area contributed by atoms with Crippen LogP contribution < -0.4 is 31.2 Å². The summed E-state index contributed by atoms with van der Waals surface area (Å²) < 4.78 is 71.1. The topological polar surface area (TPSA) is 276 Å². The van der Waals surface area contributed by atoms with Crippen LogP contribution in [-0.4, -0.2) is 103 Å². The Hall–Kier alpha value is -9.58. The van der Waals surface area contributed by atoms with Crippen molar-refractivity contribution < 1.29 is 51.6 Å². The summed E-state index contributed by atoms with van der Waals surface area (Å²) in [6.07, 6.45) is -2.78. The van der Waals surface area contributed by atoms with Crippen molar-refractivity contribution in [3.63, 3.8) is 0 Å². The van der Waals surface area contributed by atoms with Crippen molar-refractivity contribution in [2.75, 3.05) is 38.1 Å². The fourth-order valence-corrected chi connectivity index (χ4v) is 12.5. The summed E-state index contributed by atoms with van der Waals surface area (Å²) in [5.74, 6) is -0.454. The van der Waals surface area contributed by atoms with Crippen molar-refractivity contribution in [3.8, 4) is 11.5 Å². The Bertz CT molecular complexity index is 4260. The summed E-state index contributed by atoms with van der Waals surface area (Å²) >= 11 is 0. The number of methoxy groups -OCH3 is 2. The number of anilines is 2. The van der Waals surface area contributed by atoms with Gasteiger partial charge in [0.1, 0.15) is 60.1 Å². The quantitative estimate of drug-likeness (QED) is 0.0323. The fourth-order valence-electron chi connectivity index (χ4n) is 11.7. The van der Waals surface area contributed by atoms with Crippen LogP contribution in [0.3, 0.4) is 0 Å². The summed E-state index contributed by atoms with van der Waals surface area (Å²) in [4.78, 5) is 76.2. The average Bonchev–Trinajstić information content (AvgIpc) is 1.06. The van der Waals surface area contributed by atoms with Gasteiger partial charge in [-0.25, -0.2) is 9.97 Å². The maximum absolute atomic E-state index is 15.0. The normalized spacial score (nSPS) is 18.6. The molecule has 472 valence electrons. The third kappa shape index (κ3) is 12.6. The lowest BCUT2D eigenvalue weighted by molar-refractivity contribution is -0.119. The van der Waals surface area contributed by atoms with Crippen molar-refractivity contribution in [2.24, 2.45) is 11.8 Å². The van der Waals surface area contributed by atoms with Crippen molar-refractivity contribution in [3.05, 3.63) is 237 Å². The van der Waals surface area contributed by atoms with Gasteiger partial charge >= 0.3 is 8.25 Å². The molecule has 4 N–H and O–H groups in total. The number of aromatic nitrogens is 8. The molecule has 6 heterocycles. The number of carbonyl (C=O) groups excluding carboxylic acids is 2. The molecule has 0 spiro atoms. The first-order chi connectivity index (χ1) is 44.6. The van der Waals surface area contributed by atoms with Gasteiger partial charge < -0.3 is 28.4 Å². The molecule has 2 saturated heterocycles. The Kier molecular flexibility index (Phi) is 18.4. The predicted molar refractivity (Wildman–Crippen MR) is 341 cm³/mol. The van der Waals surface area contributed by atoms with Crippen LogP contribution in [0, 0.1) is 11.8 Å². The summed E-state index contributed by atoms with van der Waals surface area (Å²) in [5.41, 5.74) is 1.13. The van der Waals surface area contributed by atoms with Crippen LogP contribution in [0.2, 0.25) is 0 Å².